The Kier molecular flexibility index (Phi) is 4.37. The average molecular weight is 144 g/mol. The summed E-state index contributed by atoms with van der Waals surface area (Å²) >= 11 is 0. The van der Waals surface area contributed by atoms with Crippen molar-refractivity contribution in [1.29, 1.82) is 0 Å². The quantitative estimate of drug-likeness (QED) is 0.439. The topological polar surface area (TPSA) is 35.5 Å². The van der Waals surface area contributed by atoms with Gasteiger partial charge in [-0.05, 0) is 13.0 Å². The predicted molar refractivity (Wildman–Crippen MR) is 37.4 cm³/mol. The van der Waals surface area contributed by atoms with E-state index in [0.29, 0.717) is 5.76 Å². The van der Waals surface area contributed by atoms with E-state index in [-0.39, 0.29) is 12.6 Å². The van der Waals surface area contributed by atoms with E-state index in [2.05, 4.69) is 4.74 Å². The molecular formula is C7H12O3. The first-order valence-electron chi connectivity index (χ1n) is 3.03. The molecule has 0 spiro atoms. The Balaban J connectivity index is 3.56. The average Bonchev–Trinajstić information content (AvgIpc) is 1.90. The van der Waals surface area contributed by atoms with Crippen LogP contribution < -0.4 is 0 Å². The highest BCUT2D eigenvalue weighted by molar-refractivity contribution is 5.66. The Hall–Kier alpha value is -0.990. The van der Waals surface area contributed by atoms with E-state index in [1.54, 1.807) is 13.2 Å². The Labute approximate surface area is 60.6 Å². The first kappa shape index (κ1) is 9.01. The molecule has 0 atom stereocenters. The molecule has 0 saturated carbocycles. The highest BCUT2D eigenvalue weighted by Crippen LogP contribution is 1.94. The molecule has 0 saturated heterocycles. The van der Waals surface area contributed by atoms with Gasteiger partial charge in [0.2, 0.25) is 0 Å². The number of hydrogen-bond donors (Lipinski definition) is 0. The van der Waals surface area contributed by atoms with Gasteiger partial charge in [-0.1, -0.05) is 0 Å². The first-order valence-corrected chi connectivity index (χ1v) is 3.03. The number of methoxy groups -OCH3 is 1. The summed E-state index contributed by atoms with van der Waals surface area (Å²) in [7, 11) is 1.54. The molecule has 0 amide bonds. The van der Waals surface area contributed by atoms with Crippen molar-refractivity contribution in [2.45, 2.75) is 13.8 Å². The Morgan fingerprint density at radius 1 is 1.60 bits per heavy atom. The van der Waals surface area contributed by atoms with Crippen LogP contribution in [0.15, 0.2) is 11.8 Å². The van der Waals surface area contributed by atoms with Crippen LogP contribution in [-0.4, -0.2) is 19.7 Å². The number of ether oxygens (including phenoxy) is 2. The van der Waals surface area contributed by atoms with E-state index in [1.165, 1.54) is 6.92 Å². The molecule has 0 aromatic rings. The van der Waals surface area contributed by atoms with Crippen LogP contribution in [0.1, 0.15) is 13.8 Å². The molecule has 0 N–H and O–H groups in total. The summed E-state index contributed by atoms with van der Waals surface area (Å²) in [5.74, 6) is 0.367. The van der Waals surface area contributed by atoms with Crippen LogP contribution >= 0.6 is 0 Å². The molecule has 0 aliphatic rings. The standard InChI is InChI=1S/C7H12O3/c1-4-7(9-3)5-10-6(2)8/h4H,5H2,1-3H3. The van der Waals surface area contributed by atoms with E-state index in [1.807, 2.05) is 6.92 Å². The molecule has 0 unspecified atom stereocenters. The van der Waals surface area contributed by atoms with Gasteiger partial charge in [-0.3, -0.25) is 4.79 Å². The number of hydrogen-bond acceptors (Lipinski definition) is 3. The van der Waals surface area contributed by atoms with Gasteiger partial charge >= 0.3 is 5.97 Å². The lowest BCUT2D eigenvalue weighted by molar-refractivity contribution is -0.140. The van der Waals surface area contributed by atoms with Gasteiger partial charge in [-0.2, -0.15) is 0 Å². The van der Waals surface area contributed by atoms with Crippen LogP contribution in [0.4, 0.5) is 0 Å². The second-order valence-electron chi connectivity index (χ2n) is 1.74. The molecule has 0 aliphatic heterocycles. The molecule has 0 heterocycles. The maximum atomic E-state index is 10.3. The molecule has 3 heteroatoms. The highest BCUT2D eigenvalue weighted by atomic mass is 16.6. The van der Waals surface area contributed by atoms with Gasteiger partial charge in [0.15, 0.2) is 0 Å². The maximum absolute atomic E-state index is 10.3. The number of esters is 1. The smallest absolute Gasteiger partial charge is 0.303 e. The van der Waals surface area contributed by atoms with Gasteiger partial charge < -0.3 is 9.47 Å². The van der Waals surface area contributed by atoms with Gasteiger partial charge in [0, 0.05) is 6.92 Å². The Morgan fingerprint density at radius 3 is 2.50 bits per heavy atom. The third kappa shape index (κ3) is 3.95. The molecule has 0 rings (SSSR count). The van der Waals surface area contributed by atoms with Gasteiger partial charge in [-0.25, -0.2) is 0 Å². The Morgan fingerprint density at radius 2 is 2.20 bits per heavy atom. The molecule has 0 fully saturated rings. The molecule has 0 bridgehead atoms. The fourth-order valence-corrected chi connectivity index (χ4v) is 0.433. The second-order valence-corrected chi connectivity index (χ2v) is 1.74. The lowest BCUT2D eigenvalue weighted by Gasteiger charge is -2.03. The molecule has 0 aliphatic carbocycles. The normalized spacial score (nSPS) is 10.9. The van der Waals surface area contributed by atoms with Crippen molar-refractivity contribution in [3.05, 3.63) is 11.8 Å². The first-order chi connectivity index (χ1) is 4.70. The van der Waals surface area contributed by atoms with Crippen LogP contribution in [0.5, 0.6) is 0 Å². The lowest BCUT2D eigenvalue weighted by atomic mass is 10.5. The lowest BCUT2D eigenvalue weighted by Crippen LogP contribution is -2.04. The monoisotopic (exact) mass is 144 g/mol. The molecule has 3 nitrogen and oxygen atoms in total. The molecule has 58 valence electrons. The highest BCUT2D eigenvalue weighted by Gasteiger charge is 1.96. The van der Waals surface area contributed by atoms with E-state index in [0.717, 1.165) is 0 Å². The van der Waals surface area contributed by atoms with E-state index < -0.39 is 0 Å². The predicted octanol–water partition coefficient (Wildman–Crippen LogP) is 1.10. The van der Waals surface area contributed by atoms with Crippen molar-refractivity contribution in [2.75, 3.05) is 13.7 Å². The van der Waals surface area contributed by atoms with Crippen molar-refractivity contribution in [2.24, 2.45) is 0 Å². The summed E-state index contributed by atoms with van der Waals surface area (Å²) in [5.41, 5.74) is 0. The number of carbonyl (C=O) groups is 1. The van der Waals surface area contributed by atoms with Gasteiger partial charge in [-0.15, -0.1) is 0 Å². The summed E-state index contributed by atoms with van der Waals surface area (Å²) in [6.45, 7) is 3.41. The van der Waals surface area contributed by atoms with Crippen molar-refractivity contribution in [3.63, 3.8) is 0 Å². The van der Waals surface area contributed by atoms with Crippen LogP contribution in [0.3, 0.4) is 0 Å². The molecule has 0 radical (unpaired) electrons. The molecule has 10 heavy (non-hydrogen) atoms. The summed E-state index contributed by atoms with van der Waals surface area (Å²) in [6, 6.07) is 0. The van der Waals surface area contributed by atoms with Gasteiger partial charge in [0.25, 0.3) is 0 Å². The van der Waals surface area contributed by atoms with Gasteiger partial charge in [0.1, 0.15) is 12.4 Å². The van der Waals surface area contributed by atoms with Crippen LogP contribution in [0, 0.1) is 0 Å². The largest absolute Gasteiger partial charge is 0.498 e. The second kappa shape index (κ2) is 4.85. The zero-order valence-electron chi connectivity index (χ0n) is 6.51. The van der Waals surface area contributed by atoms with Crippen LogP contribution in [0.25, 0.3) is 0 Å². The molecule has 0 aromatic heterocycles. The van der Waals surface area contributed by atoms with Crippen LogP contribution in [-0.2, 0) is 14.3 Å². The van der Waals surface area contributed by atoms with Crippen molar-refractivity contribution in [1.82, 2.24) is 0 Å². The minimum atomic E-state index is -0.295. The van der Waals surface area contributed by atoms with Gasteiger partial charge in [0.05, 0.1) is 7.11 Å². The summed E-state index contributed by atoms with van der Waals surface area (Å²) in [4.78, 5) is 10.3. The zero-order valence-corrected chi connectivity index (χ0v) is 6.51. The number of carbonyl (C=O) groups excluding carboxylic acids is 1. The summed E-state index contributed by atoms with van der Waals surface area (Å²) in [6.07, 6.45) is 1.75. The third-order valence-corrected chi connectivity index (χ3v) is 1.00. The number of rotatable bonds is 3. The fourth-order valence-electron chi connectivity index (χ4n) is 0.433. The Bertz CT molecular complexity index is 138. The number of allylic oxidation sites excluding steroid dienone is 1. The van der Waals surface area contributed by atoms with Crippen molar-refractivity contribution in [3.8, 4) is 0 Å². The minimum absolute atomic E-state index is 0.225. The van der Waals surface area contributed by atoms with E-state index in [4.69, 9.17) is 4.74 Å². The maximum Gasteiger partial charge on any atom is 0.303 e. The van der Waals surface area contributed by atoms with E-state index >= 15 is 0 Å². The van der Waals surface area contributed by atoms with Crippen molar-refractivity contribution >= 4 is 5.97 Å². The van der Waals surface area contributed by atoms with Crippen LogP contribution in [0.2, 0.25) is 0 Å². The minimum Gasteiger partial charge on any atom is -0.498 e. The SMILES string of the molecule is CC=C(COC(C)=O)OC. The molecule has 0 aromatic carbocycles. The third-order valence-electron chi connectivity index (χ3n) is 1.00. The van der Waals surface area contributed by atoms with E-state index in [9.17, 15) is 4.79 Å². The summed E-state index contributed by atoms with van der Waals surface area (Å²) in [5, 5.41) is 0. The molecular weight excluding hydrogens is 132 g/mol. The fraction of sp³-hybridized carbons (Fsp3) is 0.571. The zero-order chi connectivity index (χ0) is 7.98. The van der Waals surface area contributed by atoms with Crippen molar-refractivity contribution < 1.29 is 14.3 Å². The summed E-state index contributed by atoms with van der Waals surface area (Å²) < 4.78 is 9.49.